The van der Waals surface area contributed by atoms with Crippen molar-refractivity contribution < 1.29 is 14.0 Å². The quantitative estimate of drug-likeness (QED) is 0.702. The fraction of sp³-hybridized carbons (Fsp3) is 0.391. The predicted octanol–water partition coefficient (Wildman–Crippen LogP) is 4.46. The van der Waals surface area contributed by atoms with Gasteiger partial charge in [0.05, 0.1) is 0 Å². The van der Waals surface area contributed by atoms with Gasteiger partial charge in [-0.05, 0) is 51.2 Å². The number of aromatic nitrogens is 1. The average molecular weight is 419 g/mol. The number of carbonyl (C=O) groups excluding carboxylic acids is 2. The van der Waals surface area contributed by atoms with Gasteiger partial charge in [0.15, 0.2) is 0 Å². The zero-order valence-corrected chi connectivity index (χ0v) is 19.6. The van der Waals surface area contributed by atoms with E-state index in [1.165, 1.54) is 13.1 Å². The summed E-state index contributed by atoms with van der Waals surface area (Å²) in [5, 5.41) is 13.8. The second-order valence-electron chi connectivity index (χ2n) is 5.18. The summed E-state index contributed by atoms with van der Waals surface area (Å²) in [7, 11) is 5.27. The molecule has 0 saturated carbocycles. The van der Waals surface area contributed by atoms with Crippen LogP contribution in [0.3, 0.4) is 0 Å². The van der Waals surface area contributed by atoms with Crippen LogP contribution in [0.2, 0.25) is 0 Å². The summed E-state index contributed by atoms with van der Waals surface area (Å²) >= 11 is 0. The normalized spacial score (nSPS) is 8.03. The van der Waals surface area contributed by atoms with Gasteiger partial charge >= 0.3 is 0 Å². The molecule has 0 fully saturated rings. The maximum atomic E-state index is 12.6. The van der Waals surface area contributed by atoms with E-state index in [0.717, 1.165) is 5.56 Å². The van der Waals surface area contributed by atoms with E-state index in [4.69, 9.17) is 5.26 Å². The van der Waals surface area contributed by atoms with Crippen LogP contribution in [0.25, 0.3) is 0 Å². The lowest BCUT2D eigenvalue weighted by atomic mass is 10.1. The van der Waals surface area contributed by atoms with Crippen molar-refractivity contribution in [3.8, 4) is 6.07 Å². The standard InChI is InChI=1S/C9H9N3O.C8H7FO.C2H7N.2C2H6/c1-6-3-4-7(9(13)11-2)12-8(6)5-10;1-6-2-3-7(5-10)4-8(6)9;1-3-2;2*1-2/h3-4H,1-2H3,(H,11,13);2-5H,1H3;3H,1-2H3;2*1-2H3. The summed E-state index contributed by atoms with van der Waals surface area (Å²) in [4.78, 5) is 25.1. The molecule has 2 N–H and O–H groups in total. The molecule has 0 spiro atoms. The number of rotatable bonds is 2. The van der Waals surface area contributed by atoms with Crippen LogP contribution in [0.1, 0.15) is 65.4 Å². The van der Waals surface area contributed by atoms with E-state index in [9.17, 15) is 14.0 Å². The van der Waals surface area contributed by atoms with E-state index in [1.54, 1.807) is 38.1 Å². The van der Waals surface area contributed by atoms with Crippen LogP contribution in [0, 0.1) is 31.0 Å². The first-order valence-corrected chi connectivity index (χ1v) is 9.74. The fourth-order valence-electron chi connectivity index (χ4n) is 1.58. The number of pyridine rings is 1. The van der Waals surface area contributed by atoms with E-state index < -0.39 is 0 Å². The summed E-state index contributed by atoms with van der Waals surface area (Å²) in [5.74, 6) is -0.610. The van der Waals surface area contributed by atoms with Gasteiger partial charge < -0.3 is 10.6 Å². The Morgan fingerprint density at radius 1 is 1.03 bits per heavy atom. The third-order valence-corrected chi connectivity index (χ3v) is 2.99. The number of nitrogens with zero attached hydrogens (tertiary/aromatic N) is 2. The molecule has 0 aliphatic carbocycles. The molecule has 2 rings (SSSR count). The van der Waals surface area contributed by atoms with Crippen molar-refractivity contribution in [1.82, 2.24) is 15.6 Å². The molecule has 0 aliphatic heterocycles. The number of halogens is 1. The van der Waals surface area contributed by atoms with Crippen molar-refractivity contribution in [2.24, 2.45) is 0 Å². The number of benzene rings is 1. The van der Waals surface area contributed by atoms with Crippen LogP contribution in [0.5, 0.6) is 0 Å². The Balaban J connectivity index is -0.000000381. The Bertz CT molecular complexity index is 787. The van der Waals surface area contributed by atoms with Gasteiger partial charge in [0.25, 0.3) is 5.91 Å². The maximum absolute atomic E-state index is 12.6. The van der Waals surface area contributed by atoms with Crippen molar-refractivity contribution >= 4 is 12.2 Å². The number of hydrogen-bond acceptors (Lipinski definition) is 5. The molecule has 1 aromatic heterocycles. The highest BCUT2D eigenvalue weighted by Gasteiger charge is 2.06. The van der Waals surface area contributed by atoms with Gasteiger partial charge in [-0.3, -0.25) is 9.59 Å². The molecule has 30 heavy (non-hydrogen) atoms. The number of aldehydes is 1. The Labute approximate surface area is 180 Å². The lowest BCUT2D eigenvalue weighted by Gasteiger charge is -2.00. The number of amides is 1. The topological polar surface area (TPSA) is 94.9 Å². The highest BCUT2D eigenvalue weighted by molar-refractivity contribution is 5.92. The Hall–Kier alpha value is -3.11. The lowest BCUT2D eigenvalue weighted by molar-refractivity contribution is 0.0957. The fourth-order valence-corrected chi connectivity index (χ4v) is 1.58. The maximum Gasteiger partial charge on any atom is 0.269 e. The van der Waals surface area contributed by atoms with Gasteiger partial charge in [-0.15, -0.1) is 0 Å². The first kappa shape index (κ1) is 31.6. The van der Waals surface area contributed by atoms with E-state index in [1.807, 2.05) is 47.9 Å². The van der Waals surface area contributed by atoms with Crippen LogP contribution in [-0.4, -0.2) is 38.3 Å². The number of hydrogen-bond donors (Lipinski definition) is 2. The van der Waals surface area contributed by atoms with Gasteiger partial charge in [0.2, 0.25) is 0 Å². The van der Waals surface area contributed by atoms with Gasteiger partial charge in [-0.25, -0.2) is 9.37 Å². The Kier molecular flexibility index (Phi) is 21.7. The highest BCUT2D eigenvalue weighted by atomic mass is 19.1. The summed E-state index contributed by atoms with van der Waals surface area (Å²) in [6.07, 6.45) is 0.628. The first-order chi connectivity index (χ1) is 14.3. The molecule has 2 aromatic rings. The molecule has 1 amide bonds. The monoisotopic (exact) mass is 418 g/mol. The van der Waals surface area contributed by atoms with Crippen LogP contribution in [0.15, 0.2) is 30.3 Å². The van der Waals surface area contributed by atoms with Crippen molar-refractivity contribution in [3.05, 3.63) is 64.2 Å². The van der Waals surface area contributed by atoms with Gasteiger partial charge in [-0.1, -0.05) is 45.9 Å². The second-order valence-corrected chi connectivity index (χ2v) is 5.18. The zero-order valence-electron chi connectivity index (χ0n) is 19.6. The van der Waals surface area contributed by atoms with E-state index in [0.29, 0.717) is 23.1 Å². The molecular weight excluding hydrogens is 383 g/mol. The molecule has 166 valence electrons. The molecule has 1 heterocycles. The molecule has 1 aromatic carbocycles. The van der Waals surface area contributed by atoms with Crippen LogP contribution in [0.4, 0.5) is 4.39 Å². The first-order valence-electron chi connectivity index (χ1n) is 9.74. The number of nitriles is 1. The van der Waals surface area contributed by atoms with E-state index >= 15 is 0 Å². The molecule has 0 aliphatic rings. The summed E-state index contributed by atoms with van der Waals surface area (Å²) < 4.78 is 12.6. The van der Waals surface area contributed by atoms with Gasteiger partial charge in [0, 0.05) is 12.6 Å². The lowest BCUT2D eigenvalue weighted by Crippen LogP contribution is -2.19. The summed E-state index contributed by atoms with van der Waals surface area (Å²) in [6, 6.07) is 9.62. The molecular formula is C23H35FN4O2. The minimum atomic E-state index is -0.329. The third kappa shape index (κ3) is 13.1. The van der Waals surface area contributed by atoms with Crippen molar-refractivity contribution in [2.45, 2.75) is 41.5 Å². The van der Waals surface area contributed by atoms with Crippen LogP contribution >= 0.6 is 0 Å². The van der Waals surface area contributed by atoms with Crippen LogP contribution in [-0.2, 0) is 0 Å². The van der Waals surface area contributed by atoms with E-state index in [-0.39, 0.29) is 17.4 Å². The minimum absolute atomic E-state index is 0.268. The third-order valence-electron chi connectivity index (χ3n) is 2.99. The predicted molar refractivity (Wildman–Crippen MR) is 121 cm³/mol. The highest BCUT2D eigenvalue weighted by Crippen LogP contribution is 2.07. The van der Waals surface area contributed by atoms with Crippen LogP contribution < -0.4 is 10.6 Å². The molecule has 0 saturated heterocycles. The van der Waals surface area contributed by atoms with Crippen molar-refractivity contribution in [2.75, 3.05) is 21.1 Å². The molecule has 7 heteroatoms. The molecule has 0 bridgehead atoms. The minimum Gasteiger partial charge on any atom is -0.354 e. The Morgan fingerprint density at radius 3 is 1.93 bits per heavy atom. The molecule has 6 nitrogen and oxygen atoms in total. The van der Waals surface area contributed by atoms with Crippen molar-refractivity contribution in [1.29, 1.82) is 5.26 Å². The smallest absolute Gasteiger partial charge is 0.269 e. The largest absolute Gasteiger partial charge is 0.354 e. The molecule has 0 atom stereocenters. The summed E-state index contributed by atoms with van der Waals surface area (Å²) in [6.45, 7) is 11.4. The summed E-state index contributed by atoms with van der Waals surface area (Å²) in [5.41, 5.74) is 2.27. The zero-order chi connectivity index (χ0) is 24.1. The number of carbonyl (C=O) groups is 2. The van der Waals surface area contributed by atoms with E-state index in [2.05, 4.69) is 15.6 Å². The average Bonchev–Trinajstić information content (AvgIpc) is 2.79. The van der Waals surface area contributed by atoms with Crippen molar-refractivity contribution in [3.63, 3.8) is 0 Å². The second kappa shape index (κ2) is 20.6. The van der Waals surface area contributed by atoms with Gasteiger partial charge in [0.1, 0.15) is 29.6 Å². The number of aryl methyl sites for hydroxylation is 2. The SMILES string of the molecule is CC.CC.CNC.CNC(=O)c1ccc(C)c(C#N)n1.Cc1ccc(C=O)cc1F. The van der Waals surface area contributed by atoms with Gasteiger partial charge in [-0.2, -0.15) is 5.26 Å². The Morgan fingerprint density at radius 2 is 1.53 bits per heavy atom. The molecule has 0 radical (unpaired) electrons. The number of nitrogens with one attached hydrogen (secondary N) is 2. The molecule has 0 unspecified atom stereocenters.